The van der Waals surface area contributed by atoms with E-state index in [2.05, 4.69) is 0 Å². The van der Waals surface area contributed by atoms with Crippen molar-refractivity contribution in [2.24, 2.45) is 0 Å². The smallest absolute Gasteiger partial charge is 0.347 e. The third-order valence-electron chi connectivity index (χ3n) is 3.23. The molecule has 0 saturated carbocycles. The molecule has 0 radical (unpaired) electrons. The molecule has 1 N–H and O–H groups in total. The molecule has 1 atom stereocenters. The minimum atomic E-state index is -0.918. The lowest BCUT2D eigenvalue weighted by Crippen LogP contribution is -2.31. The fraction of sp³-hybridized carbons (Fsp3) is 0.222. The molecule has 25 heavy (non-hydrogen) atoms. The highest BCUT2D eigenvalue weighted by molar-refractivity contribution is 5.93. The summed E-state index contributed by atoms with van der Waals surface area (Å²) < 4.78 is 37.3. The van der Waals surface area contributed by atoms with Crippen molar-refractivity contribution in [3.63, 3.8) is 0 Å². The number of ether oxygens (including phenoxy) is 2. The average Bonchev–Trinajstić information content (AvgIpc) is 2.61. The molecule has 7 heteroatoms. The molecule has 2 rings (SSSR count). The van der Waals surface area contributed by atoms with Crippen molar-refractivity contribution < 1.29 is 27.8 Å². The quantitative estimate of drug-likeness (QED) is 0.779. The molecular formula is C18H17F2NO4. The van der Waals surface area contributed by atoms with Crippen molar-refractivity contribution >= 4 is 17.6 Å². The number of carbonyl (C=O) groups is 2. The number of esters is 1. The molecule has 0 saturated heterocycles. The van der Waals surface area contributed by atoms with Crippen molar-refractivity contribution in [1.82, 2.24) is 0 Å². The van der Waals surface area contributed by atoms with E-state index in [0.29, 0.717) is 12.2 Å². The van der Waals surface area contributed by atoms with Gasteiger partial charge in [0.2, 0.25) is 0 Å². The van der Waals surface area contributed by atoms with Crippen molar-refractivity contribution in [3.05, 3.63) is 60.2 Å². The molecule has 0 aliphatic carbocycles. The molecule has 2 aromatic carbocycles. The van der Waals surface area contributed by atoms with Crippen molar-refractivity contribution in [2.45, 2.75) is 19.4 Å². The normalized spacial score (nSPS) is 11.5. The van der Waals surface area contributed by atoms with Gasteiger partial charge in [-0.3, -0.25) is 4.79 Å². The second-order valence-corrected chi connectivity index (χ2v) is 5.08. The second-order valence-electron chi connectivity index (χ2n) is 5.08. The van der Waals surface area contributed by atoms with Crippen LogP contribution in [0.2, 0.25) is 0 Å². The molecule has 132 valence electrons. The zero-order chi connectivity index (χ0) is 18.2. The van der Waals surface area contributed by atoms with E-state index >= 15 is 0 Å². The summed E-state index contributed by atoms with van der Waals surface area (Å²) in [6.07, 6.45) is -0.558. The Morgan fingerprint density at radius 2 is 1.68 bits per heavy atom. The summed E-state index contributed by atoms with van der Waals surface area (Å²) in [7, 11) is 0. The monoisotopic (exact) mass is 349 g/mol. The van der Waals surface area contributed by atoms with Gasteiger partial charge in [-0.2, -0.15) is 0 Å². The number of nitrogens with one attached hydrogen (secondary N) is 1. The number of rotatable bonds is 7. The van der Waals surface area contributed by atoms with Crippen LogP contribution in [0.25, 0.3) is 0 Å². The number of carbonyl (C=O) groups excluding carboxylic acids is 2. The fourth-order valence-electron chi connectivity index (χ4n) is 1.98. The number of halogens is 2. The van der Waals surface area contributed by atoms with Crippen LogP contribution in [0.1, 0.15) is 13.3 Å². The van der Waals surface area contributed by atoms with Gasteiger partial charge in [0.05, 0.1) is 0 Å². The van der Waals surface area contributed by atoms with Crippen LogP contribution in [0.3, 0.4) is 0 Å². The standard InChI is InChI=1S/C18H17F2NO4/c1-2-15(25-12-7-4-3-5-8-12)18(23)24-11-16(22)21-17-13(19)9-6-10-14(17)20/h3-10,15H,2,11H2,1H3,(H,21,22)/t15-/m1/s1. The topological polar surface area (TPSA) is 64.6 Å². The van der Waals surface area contributed by atoms with Crippen LogP contribution < -0.4 is 10.1 Å². The molecule has 0 aromatic heterocycles. The van der Waals surface area contributed by atoms with E-state index in [0.717, 1.165) is 12.1 Å². The summed E-state index contributed by atoms with van der Waals surface area (Å²) in [5.74, 6) is -2.94. The van der Waals surface area contributed by atoms with Crippen molar-refractivity contribution in [1.29, 1.82) is 0 Å². The SMILES string of the molecule is CC[C@@H](Oc1ccccc1)C(=O)OCC(=O)Nc1c(F)cccc1F. The van der Waals surface area contributed by atoms with Gasteiger partial charge >= 0.3 is 5.97 Å². The Morgan fingerprint density at radius 3 is 2.28 bits per heavy atom. The minimum absolute atomic E-state index is 0.331. The Labute approximate surface area is 143 Å². The number of amides is 1. The van der Waals surface area contributed by atoms with Gasteiger partial charge in [-0.15, -0.1) is 0 Å². The molecule has 0 bridgehead atoms. The number of benzene rings is 2. The van der Waals surface area contributed by atoms with Gasteiger partial charge in [0.1, 0.15) is 23.1 Å². The maximum atomic E-state index is 13.5. The minimum Gasteiger partial charge on any atom is -0.479 e. The van der Waals surface area contributed by atoms with Crippen LogP contribution in [0.4, 0.5) is 14.5 Å². The van der Waals surface area contributed by atoms with Crippen molar-refractivity contribution in [2.75, 3.05) is 11.9 Å². The summed E-state index contributed by atoms with van der Waals surface area (Å²) >= 11 is 0. The Balaban J connectivity index is 1.88. The summed E-state index contributed by atoms with van der Waals surface area (Å²) in [5, 5.41) is 2.03. The summed E-state index contributed by atoms with van der Waals surface area (Å²) in [4.78, 5) is 23.7. The average molecular weight is 349 g/mol. The first-order valence-corrected chi connectivity index (χ1v) is 7.63. The van der Waals surface area contributed by atoms with Gasteiger partial charge in [-0.1, -0.05) is 31.2 Å². The largest absolute Gasteiger partial charge is 0.479 e. The third kappa shape index (κ3) is 5.27. The lowest BCUT2D eigenvalue weighted by Gasteiger charge is -2.16. The van der Waals surface area contributed by atoms with E-state index in [-0.39, 0.29) is 0 Å². The zero-order valence-electron chi connectivity index (χ0n) is 13.5. The molecule has 0 aliphatic rings. The number of para-hydroxylation sites is 2. The first-order chi connectivity index (χ1) is 12.0. The fourth-order valence-corrected chi connectivity index (χ4v) is 1.98. The molecule has 0 fully saturated rings. The Kier molecular flexibility index (Phi) is 6.45. The maximum absolute atomic E-state index is 13.5. The molecule has 0 spiro atoms. The molecule has 0 heterocycles. The first kappa shape index (κ1) is 18.4. The van der Waals surface area contributed by atoms with E-state index in [9.17, 15) is 18.4 Å². The van der Waals surface area contributed by atoms with Crippen LogP contribution >= 0.6 is 0 Å². The van der Waals surface area contributed by atoms with E-state index in [4.69, 9.17) is 9.47 Å². The number of hydrogen-bond donors (Lipinski definition) is 1. The molecule has 0 aliphatic heterocycles. The van der Waals surface area contributed by atoms with E-state index in [1.165, 1.54) is 6.07 Å². The van der Waals surface area contributed by atoms with Gasteiger partial charge < -0.3 is 14.8 Å². The molecule has 0 unspecified atom stereocenters. The molecule has 5 nitrogen and oxygen atoms in total. The Morgan fingerprint density at radius 1 is 1.04 bits per heavy atom. The maximum Gasteiger partial charge on any atom is 0.347 e. The summed E-state index contributed by atoms with van der Waals surface area (Å²) in [5.41, 5.74) is -0.587. The number of anilines is 1. The lowest BCUT2D eigenvalue weighted by atomic mass is 10.2. The highest BCUT2D eigenvalue weighted by atomic mass is 19.1. The van der Waals surface area contributed by atoms with Crippen LogP contribution in [0, 0.1) is 11.6 Å². The van der Waals surface area contributed by atoms with Gasteiger partial charge in [0.15, 0.2) is 12.7 Å². The van der Waals surface area contributed by atoms with Crippen molar-refractivity contribution in [3.8, 4) is 5.75 Å². The van der Waals surface area contributed by atoms with E-state index in [1.54, 1.807) is 37.3 Å². The molecule has 1 amide bonds. The van der Waals surface area contributed by atoms with Crippen LogP contribution in [0.5, 0.6) is 5.75 Å². The molecular weight excluding hydrogens is 332 g/mol. The molecule has 2 aromatic rings. The lowest BCUT2D eigenvalue weighted by molar-refractivity contribution is -0.154. The summed E-state index contributed by atoms with van der Waals surface area (Å²) in [6.45, 7) is 1.05. The van der Waals surface area contributed by atoms with Crippen LogP contribution in [-0.4, -0.2) is 24.6 Å². The zero-order valence-corrected chi connectivity index (χ0v) is 13.5. The summed E-state index contributed by atoms with van der Waals surface area (Å²) in [6, 6.07) is 11.9. The number of hydrogen-bond acceptors (Lipinski definition) is 4. The van der Waals surface area contributed by atoms with Crippen LogP contribution in [0.15, 0.2) is 48.5 Å². The third-order valence-corrected chi connectivity index (χ3v) is 3.23. The van der Waals surface area contributed by atoms with Gasteiger partial charge in [-0.25, -0.2) is 13.6 Å². The van der Waals surface area contributed by atoms with Gasteiger partial charge in [-0.05, 0) is 30.7 Å². The predicted molar refractivity (Wildman–Crippen MR) is 87.1 cm³/mol. The highest BCUT2D eigenvalue weighted by Gasteiger charge is 2.21. The predicted octanol–water partition coefficient (Wildman–Crippen LogP) is 3.30. The van der Waals surface area contributed by atoms with Gasteiger partial charge in [0, 0.05) is 0 Å². The first-order valence-electron chi connectivity index (χ1n) is 7.63. The Bertz CT molecular complexity index is 717. The second kappa shape index (κ2) is 8.77. The Hall–Kier alpha value is -2.96. The van der Waals surface area contributed by atoms with Crippen LogP contribution in [-0.2, 0) is 14.3 Å². The van der Waals surface area contributed by atoms with E-state index in [1.807, 2.05) is 5.32 Å². The van der Waals surface area contributed by atoms with E-state index < -0.39 is 41.9 Å². The van der Waals surface area contributed by atoms with Gasteiger partial charge in [0.25, 0.3) is 5.91 Å². The highest BCUT2D eigenvalue weighted by Crippen LogP contribution is 2.18.